The zero-order chi connectivity index (χ0) is 11.8. The number of benzene rings is 1. The van der Waals surface area contributed by atoms with E-state index in [0.29, 0.717) is 6.04 Å². The molecule has 2 nitrogen and oxygen atoms in total. The lowest BCUT2D eigenvalue weighted by molar-refractivity contribution is 0.485. The lowest BCUT2D eigenvalue weighted by Gasteiger charge is -2.26. The fourth-order valence-electron chi connectivity index (χ4n) is 2.78. The Morgan fingerprint density at radius 1 is 1.35 bits per heavy atom. The van der Waals surface area contributed by atoms with Gasteiger partial charge in [-0.3, -0.25) is 0 Å². The van der Waals surface area contributed by atoms with E-state index in [4.69, 9.17) is 12.2 Å². The van der Waals surface area contributed by atoms with Gasteiger partial charge in [-0.05, 0) is 49.5 Å². The number of hydrogen-bond acceptors (Lipinski definition) is 1. The van der Waals surface area contributed by atoms with Gasteiger partial charge in [0.2, 0.25) is 0 Å². The van der Waals surface area contributed by atoms with Crippen LogP contribution in [0.1, 0.15) is 35.7 Å². The maximum atomic E-state index is 5.39. The second-order valence-corrected chi connectivity index (χ2v) is 5.14. The molecule has 0 radical (unpaired) electrons. The summed E-state index contributed by atoms with van der Waals surface area (Å²) >= 11 is 5.39. The summed E-state index contributed by atoms with van der Waals surface area (Å²) in [6.45, 7) is 2.06. The number of aromatic nitrogens is 2. The summed E-state index contributed by atoms with van der Waals surface area (Å²) in [5.41, 5.74) is 4.05. The summed E-state index contributed by atoms with van der Waals surface area (Å²) in [5.74, 6) is 0. The van der Waals surface area contributed by atoms with Crippen LogP contribution in [-0.4, -0.2) is 9.55 Å². The predicted molar refractivity (Wildman–Crippen MR) is 71.9 cm³/mol. The highest BCUT2D eigenvalue weighted by atomic mass is 32.1. The predicted octanol–water partition coefficient (Wildman–Crippen LogP) is 3.78. The zero-order valence-electron chi connectivity index (χ0n) is 9.94. The Bertz CT molecular complexity index is 594. The number of H-pyrrole nitrogens is 1. The second-order valence-electron chi connectivity index (χ2n) is 4.76. The quantitative estimate of drug-likeness (QED) is 0.757. The molecule has 0 bridgehead atoms. The van der Waals surface area contributed by atoms with E-state index in [2.05, 4.69) is 46.9 Å². The van der Waals surface area contributed by atoms with Crippen LogP contribution in [0.15, 0.2) is 30.5 Å². The van der Waals surface area contributed by atoms with Crippen molar-refractivity contribution in [1.29, 1.82) is 0 Å². The van der Waals surface area contributed by atoms with E-state index in [1.807, 2.05) is 0 Å². The normalized spacial score (nSPS) is 19.0. The molecule has 1 heterocycles. The molecule has 3 rings (SSSR count). The molecule has 0 amide bonds. The molecule has 1 aromatic carbocycles. The first-order chi connectivity index (χ1) is 8.25. The fraction of sp³-hybridized carbons (Fsp3) is 0.357. The fourth-order valence-corrected chi connectivity index (χ4v) is 3.12. The summed E-state index contributed by atoms with van der Waals surface area (Å²) in [4.78, 5) is 3.21. The van der Waals surface area contributed by atoms with Gasteiger partial charge in [0.15, 0.2) is 4.77 Å². The highest BCUT2D eigenvalue weighted by molar-refractivity contribution is 7.71. The summed E-state index contributed by atoms with van der Waals surface area (Å²) < 4.78 is 3.05. The van der Waals surface area contributed by atoms with Crippen LogP contribution in [0.5, 0.6) is 0 Å². The van der Waals surface area contributed by atoms with Crippen LogP contribution < -0.4 is 0 Å². The lowest BCUT2D eigenvalue weighted by atomic mass is 9.87. The molecule has 0 fully saturated rings. The van der Waals surface area contributed by atoms with Crippen molar-refractivity contribution in [3.63, 3.8) is 0 Å². The van der Waals surface area contributed by atoms with Crippen LogP contribution in [0.25, 0.3) is 0 Å². The van der Waals surface area contributed by atoms with E-state index >= 15 is 0 Å². The minimum atomic E-state index is 0.414. The summed E-state index contributed by atoms with van der Waals surface area (Å²) in [6.07, 6.45) is 5.76. The number of nitrogens with zero attached hydrogens (tertiary/aromatic N) is 1. The molecular formula is C14H16N2S. The Morgan fingerprint density at radius 3 is 2.94 bits per heavy atom. The third-order valence-electron chi connectivity index (χ3n) is 3.54. The average Bonchev–Trinajstić information content (AvgIpc) is 2.68. The average molecular weight is 244 g/mol. The van der Waals surface area contributed by atoms with Crippen molar-refractivity contribution in [3.8, 4) is 0 Å². The van der Waals surface area contributed by atoms with Gasteiger partial charge in [0, 0.05) is 11.9 Å². The minimum Gasteiger partial charge on any atom is -0.335 e. The minimum absolute atomic E-state index is 0.414. The van der Waals surface area contributed by atoms with E-state index in [1.54, 1.807) is 0 Å². The van der Waals surface area contributed by atoms with Crippen molar-refractivity contribution < 1.29 is 0 Å². The molecular weight excluding hydrogens is 228 g/mol. The van der Waals surface area contributed by atoms with E-state index in [9.17, 15) is 0 Å². The number of rotatable bonds is 1. The first-order valence-electron chi connectivity index (χ1n) is 6.11. The van der Waals surface area contributed by atoms with Gasteiger partial charge in [-0.2, -0.15) is 0 Å². The molecule has 1 aromatic heterocycles. The van der Waals surface area contributed by atoms with E-state index in [-0.39, 0.29) is 0 Å². The summed E-state index contributed by atoms with van der Waals surface area (Å²) in [5, 5.41) is 0. The molecule has 0 saturated carbocycles. The molecule has 1 aliphatic rings. The molecule has 3 heteroatoms. The number of imidazole rings is 1. The van der Waals surface area contributed by atoms with Crippen LogP contribution >= 0.6 is 12.2 Å². The van der Waals surface area contributed by atoms with Gasteiger partial charge in [-0.25, -0.2) is 0 Å². The molecule has 0 aliphatic heterocycles. The van der Waals surface area contributed by atoms with E-state index < -0.39 is 0 Å². The van der Waals surface area contributed by atoms with Gasteiger partial charge in [-0.1, -0.05) is 24.3 Å². The second kappa shape index (κ2) is 4.15. The lowest BCUT2D eigenvalue weighted by Crippen LogP contribution is -2.16. The molecule has 0 spiro atoms. The molecule has 88 valence electrons. The van der Waals surface area contributed by atoms with Gasteiger partial charge in [-0.15, -0.1) is 0 Å². The molecule has 1 unspecified atom stereocenters. The summed E-state index contributed by atoms with van der Waals surface area (Å²) in [7, 11) is 0. The number of aromatic amines is 1. The first kappa shape index (κ1) is 10.8. The van der Waals surface area contributed by atoms with Crippen molar-refractivity contribution in [2.45, 2.75) is 32.2 Å². The van der Waals surface area contributed by atoms with Crippen LogP contribution in [0.2, 0.25) is 0 Å². The number of nitrogens with one attached hydrogen (secondary N) is 1. The van der Waals surface area contributed by atoms with Crippen molar-refractivity contribution in [2.75, 3.05) is 0 Å². The van der Waals surface area contributed by atoms with Gasteiger partial charge in [0.05, 0.1) is 6.04 Å². The molecule has 1 atom stereocenters. The molecule has 17 heavy (non-hydrogen) atoms. The highest BCUT2D eigenvalue weighted by Crippen LogP contribution is 2.32. The monoisotopic (exact) mass is 244 g/mol. The Hall–Kier alpha value is -1.35. The van der Waals surface area contributed by atoms with Crippen molar-refractivity contribution in [1.82, 2.24) is 9.55 Å². The van der Waals surface area contributed by atoms with Gasteiger partial charge >= 0.3 is 0 Å². The molecule has 1 N–H and O–H groups in total. The van der Waals surface area contributed by atoms with Crippen molar-refractivity contribution in [2.24, 2.45) is 0 Å². The third-order valence-corrected chi connectivity index (χ3v) is 3.86. The third kappa shape index (κ3) is 1.84. The zero-order valence-corrected chi connectivity index (χ0v) is 10.8. The largest absolute Gasteiger partial charge is 0.335 e. The SMILES string of the molecule is Cc1cn(C2CCCc3ccccc32)c(=S)[nH]1. The van der Waals surface area contributed by atoms with Gasteiger partial charge in [0.25, 0.3) is 0 Å². The van der Waals surface area contributed by atoms with Crippen LogP contribution in [0, 0.1) is 11.7 Å². The van der Waals surface area contributed by atoms with Crippen LogP contribution in [-0.2, 0) is 6.42 Å². The van der Waals surface area contributed by atoms with E-state index in [0.717, 1.165) is 10.5 Å². The van der Waals surface area contributed by atoms with E-state index in [1.165, 1.54) is 30.4 Å². The Morgan fingerprint density at radius 2 is 2.18 bits per heavy atom. The van der Waals surface area contributed by atoms with Crippen molar-refractivity contribution >= 4 is 12.2 Å². The standard InChI is InChI=1S/C14H16N2S/c1-10-9-16(14(17)15-10)13-8-4-6-11-5-2-3-7-12(11)13/h2-3,5,7,9,13H,4,6,8H2,1H3,(H,15,17). The Kier molecular flexibility index (Phi) is 2.63. The smallest absolute Gasteiger partial charge is 0.177 e. The number of fused-ring (bicyclic) bond motifs is 1. The van der Waals surface area contributed by atoms with Crippen molar-refractivity contribution in [3.05, 3.63) is 52.1 Å². The van der Waals surface area contributed by atoms with Crippen LogP contribution in [0.4, 0.5) is 0 Å². The maximum Gasteiger partial charge on any atom is 0.177 e. The topological polar surface area (TPSA) is 20.7 Å². The molecule has 2 aromatic rings. The maximum absolute atomic E-state index is 5.39. The Balaban J connectivity index is 2.12. The highest BCUT2D eigenvalue weighted by Gasteiger charge is 2.21. The number of aryl methyl sites for hydroxylation is 2. The number of hydrogen-bond donors (Lipinski definition) is 1. The molecule has 0 saturated heterocycles. The van der Waals surface area contributed by atoms with Crippen LogP contribution in [0.3, 0.4) is 0 Å². The van der Waals surface area contributed by atoms with Gasteiger partial charge < -0.3 is 9.55 Å². The Labute approximate surface area is 106 Å². The summed E-state index contributed by atoms with van der Waals surface area (Å²) in [6, 6.07) is 9.15. The van der Waals surface area contributed by atoms with Gasteiger partial charge in [0.1, 0.15) is 0 Å². The molecule has 1 aliphatic carbocycles. The first-order valence-corrected chi connectivity index (χ1v) is 6.52.